The molecule has 0 fully saturated rings. The van der Waals surface area contributed by atoms with Crippen molar-refractivity contribution in [2.45, 2.75) is 40.3 Å². The summed E-state index contributed by atoms with van der Waals surface area (Å²) in [7, 11) is 0. The summed E-state index contributed by atoms with van der Waals surface area (Å²) in [5, 5.41) is 16.2. The molecule has 0 aromatic carbocycles. The van der Waals surface area contributed by atoms with Crippen molar-refractivity contribution in [2.75, 3.05) is 12.3 Å². The van der Waals surface area contributed by atoms with Crippen molar-refractivity contribution in [3.63, 3.8) is 0 Å². The summed E-state index contributed by atoms with van der Waals surface area (Å²) in [6, 6.07) is -0.280. The van der Waals surface area contributed by atoms with Gasteiger partial charge in [-0.3, -0.25) is 9.48 Å². The Hall–Kier alpha value is -1.56. The number of aromatic nitrogens is 2. The van der Waals surface area contributed by atoms with Gasteiger partial charge in [-0.15, -0.1) is 0 Å². The third kappa shape index (κ3) is 2.81. The van der Waals surface area contributed by atoms with E-state index >= 15 is 0 Å². The molecule has 0 saturated carbocycles. The van der Waals surface area contributed by atoms with Crippen LogP contribution in [0.3, 0.4) is 0 Å². The molecule has 1 aromatic heterocycles. The average Bonchev–Trinajstić information content (AvgIpc) is 2.61. The molecule has 6 nitrogen and oxygen atoms in total. The molecule has 0 unspecified atom stereocenters. The normalized spacial score (nSPS) is 12.8. The van der Waals surface area contributed by atoms with Crippen LogP contribution in [-0.2, 0) is 6.54 Å². The van der Waals surface area contributed by atoms with Gasteiger partial charge in [0.05, 0.1) is 24.0 Å². The van der Waals surface area contributed by atoms with Gasteiger partial charge in [-0.2, -0.15) is 5.10 Å². The highest BCUT2D eigenvalue weighted by molar-refractivity contribution is 5.98. The Morgan fingerprint density at radius 1 is 1.56 bits per heavy atom. The molecule has 0 radical (unpaired) electrons. The van der Waals surface area contributed by atoms with E-state index in [1.807, 2.05) is 20.8 Å². The van der Waals surface area contributed by atoms with E-state index in [0.29, 0.717) is 23.6 Å². The van der Waals surface area contributed by atoms with E-state index in [0.717, 1.165) is 0 Å². The number of nitrogen functional groups attached to an aromatic ring is 1. The molecule has 102 valence electrons. The van der Waals surface area contributed by atoms with Crippen LogP contribution in [0.5, 0.6) is 0 Å². The minimum absolute atomic E-state index is 0.0947. The molecule has 1 amide bonds. The third-order valence-electron chi connectivity index (χ3n) is 3.01. The molecule has 18 heavy (non-hydrogen) atoms. The molecular formula is C12H22N4O2. The molecule has 0 saturated heterocycles. The van der Waals surface area contributed by atoms with Gasteiger partial charge in [0, 0.05) is 6.54 Å². The van der Waals surface area contributed by atoms with Crippen molar-refractivity contribution >= 4 is 11.6 Å². The summed E-state index contributed by atoms with van der Waals surface area (Å²) in [6.45, 7) is 8.02. The van der Waals surface area contributed by atoms with E-state index in [2.05, 4.69) is 10.4 Å². The molecule has 0 aliphatic rings. The van der Waals surface area contributed by atoms with Crippen LogP contribution in [0.25, 0.3) is 0 Å². The van der Waals surface area contributed by atoms with Crippen LogP contribution in [-0.4, -0.2) is 33.4 Å². The molecule has 6 heteroatoms. The Bertz CT molecular complexity index is 426. The van der Waals surface area contributed by atoms with Crippen LogP contribution in [0.1, 0.15) is 37.0 Å². The van der Waals surface area contributed by atoms with Gasteiger partial charge >= 0.3 is 0 Å². The highest BCUT2D eigenvalue weighted by Gasteiger charge is 2.22. The van der Waals surface area contributed by atoms with Gasteiger partial charge in [-0.25, -0.2) is 0 Å². The second-order valence-electron chi connectivity index (χ2n) is 4.67. The fourth-order valence-corrected chi connectivity index (χ4v) is 1.72. The van der Waals surface area contributed by atoms with E-state index in [9.17, 15) is 9.90 Å². The van der Waals surface area contributed by atoms with E-state index in [-0.39, 0.29) is 24.5 Å². The Balaban J connectivity index is 2.97. The molecule has 1 rings (SSSR count). The van der Waals surface area contributed by atoms with Crippen LogP contribution in [0.4, 0.5) is 5.69 Å². The lowest BCUT2D eigenvalue weighted by Gasteiger charge is -2.20. The zero-order valence-electron chi connectivity index (χ0n) is 11.4. The Morgan fingerprint density at radius 3 is 2.61 bits per heavy atom. The van der Waals surface area contributed by atoms with Gasteiger partial charge in [-0.1, -0.05) is 13.8 Å². The van der Waals surface area contributed by atoms with Crippen LogP contribution in [0.2, 0.25) is 0 Å². The molecule has 0 spiro atoms. The Morgan fingerprint density at radius 2 is 2.17 bits per heavy atom. The summed E-state index contributed by atoms with van der Waals surface area (Å²) in [5.74, 6) is -0.137. The number of carbonyl (C=O) groups excluding carboxylic acids is 1. The number of carbonyl (C=O) groups is 1. The monoisotopic (exact) mass is 254 g/mol. The SMILES string of the molecule is CCn1nc(C)c(N)c1C(=O)N[C@H](CO)C(C)C. The van der Waals surface area contributed by atoms with Gasteiger partial charge in [0.2, 0.25) is 0 Å². The zero-order valence-corrected chi connectivity index (χ0v) is 11.4. The molecule has 0 bridgehead atoms. The number of hydrogen-bond acceptors (Lipinski definition) is 4. The topological polar surface area (TPSA) is 93.2 Å². The summed E-state index contributed by atoms with van der Waals surface area (Å²) in [4.78, 5) is 12.2. The van der Waals surface area contributed by atoms with Gasteiger partial charge in [0.25, 0.3) is 5.91 Å². The smallest absolute Gasteiger partial charge is 0.272 e. The maximum Gasteiger partial charge on any atom is 0.272 e. The first-order chi connectivity index (χ1) is 8.42. The first-order valence-electron chi connectivity index (χ1n) is 6.16. The first-order valence-corrected chi connectivity index (χ1v) is 6.16. The van der Waals surface area contributed by atoms with Crippen LogP contribution < -0.4 is 11.1 Å². The number of aliphatic hydroxyl groups excluding tert-OH is 1. The fraction of sp³-hybridized carbons (Fsp3) is 0.667. The number of nitrogens with zero attached hydrogens (tertiary/aromatic N) is 2. The Kier molecular flexibility index (Phi) is 4.72. The quantitative estimate of drug-likeness (QED) is 0.715. The summed E-state index contributed by atoms with van der Waals surface area (Å²) < 4.78 is 1.58. The minimum Gasteiger partial charge on any atom is -0.395 e. The van der Waals surface area contributed by atoms with Crippen LogP contribution in [0.15, 0.2) is 0 Å². The number of nitrogens with two attached hydrogens (primary N) is 1. The van der Waals surface area contributed by atoms with Crippen molar-refractivity contribution in [3.8, 4) is 0 Å². The van der Waals surface area contributed by atoms with Gasteiger partial charge < -0.3 is 16.2 Å². The lowest BCUT2D eigenvalue weighted by atomic mass is 10.1. The molecule has 1 atom stereocenters. The lowest BCUT2D eigenvalue weighted by Crippen LogP contribution is -2.42. The van der Waals surface area contributed by atoms with Crippen molar-refractivity contribution in [1.82, 2.24) is 15.1 Å². The summed E-state index contributed by atoms with van der Waals surface area (Å²) >= 11 is 0. The molecular weight excluding hydrogens is 232 g/mol. The van der Waals surface area contributed by atoms with Crippen molar-refractivity contribution in [1.29, 1.82) is 0 Å². The van der Waals surface area contributed by atoms with Crippen molar-refractivity contribution in [2.24, 2.45) is 5.92 Å². The van der Waals surface area contributed by atoms with Crippen molar-refractivity contribution < 1.29 is 9.90 Å². The molecule has 4 N–H and O–H groups in total. The number of hydrogen-bond donors (Lipinski definition) is 3. The lowest BCUT2D eigenvalue weighted by molar-refractivity contribution is 0.0887. The maximum absolute atomic E-state index is 12.2. The largest absolute Gasteiger partial charge is 0.395 e. The van der Waals surface area contributed by atoms with Gasteiger partial charge in [0.15, 0.2) is 0 Å². The molecule has 1 heterocycles. The van der Waals surface area contributed by atoms with E-state index < -0.39 is 0 Å². The average molecular weight is 254 g/mol. The number of amides is 1. The van der Waals surface area contributed by atoms with Gasteiger partial charge in [-0.05, 0) is 19.8 Å². The van der Waals surface area contributed by atoms with Crippen LogP contribution in [0, 0.1) is 12.8 Å². The summed E-state index contributed by atoms with van der Waals surface area (Å²) in [6.07, 6.45) is 0. The predicted octanol–water partition coefficient (Wildman–Crippen LogP) is 0.540. The highest BCUT2D eigenvalue weighted by atomic mass is 16.3. The first kappa shape index (κ1) is 14.5. The molecule has 0 aliphatic heterocycles. The predicted molar refractivity (Wildman–Crippen MR) is 70.2 cm³/mol. The second kappa shape index (κ2) is 5.86. The number of aryl methyl sites for hydroxylation is 2. The minimum atomic E-state index is -0.289. The fourth-order valence-electron chi connectivity index (χ4n) is 1.72. The standard InChI is InChI=1S/C12H22N4O2/c1-5-16-11(10(13)8(4)15-16)12(18)14-9(6-17)7(2)3/h7,9,17H,5-6,13H2,1-4H3,(H,14,18)/t9-/m1/s1. The van der Waals surface area contributed by atoms with Crippen LogP contribution >= 0.6 is 0 Å². The van der Waals surface area contributed by atoms with Crippen molar-refractivity contribution in [3.05, 3.63) is 11.4 Å². The number of rotatable bonds is 5. The molecule has 0 aliphatic carbocycles. The van der Waals surface area contributed by atoms with Gasteiger partial charge in [0.1, 0.15) is 5.69 Å². The number of aliphatic hydroxyl groups is 1. The number of anilines is 1. The van der Waals surface area contributed by atoms with E-state index in [1.165, 1.54) is 0 Å². The molecule has 1 aromatic rings. The third-order valence-corrected chi connectivity index (χ3v) is 3.01. The zero-order chi connectivity index (χ0) is 13.9. The second-order valence-corrected chi connectivity index (χ2v) is 4.67. The summed E-state index contributed by atoms with van der Waals surface area (Å²) in [5.41, 5.74) is 7.28. The maximum atomic E-state index is 12.2. The Labute approximate surface area is 107 Å². The van der Waals surface area contributed by atoms with E-state index in [4.69, 9.17) is 5.73 Å². The highest BCUT2D eigenvalue weighted by Crippen LogP contribution is 2.16. The van der Waals surface area contributed by atoms with E-state index in [1.54, 1.807) is 11.6 Å². The number of nitrogens with one attached hydrogen (secondary N) is 1.